The minimum Gasteiger partial charge on any atom is -0.103 e. The van der Waals surface area contributed by atoms with E-state index in [-0.39, 0.29) is 5.41 Å². The highest BCUT2D eigenvalue weighted by molar-refractivity contribution is 5.13. The molecule has 0 aliphatic heterocycles. The Hall–Kier alpha value is -1.04. The second-order valence-corrected chi connectivity index (χ2v) is 8.93. The minimum absolute atomic E-state index is 0.268. The second kappa shape index (κ2) is 21.2. The molecule has 1 aliphatic rings. The molecule has 0 spiro atoms. The summed E-state index contributed by atoms with van der Waals surface area (Å²) < 4.78 is 0. The van der Waals surface area contributed by atoms with Crippen LogP contribution in [0.1, 0.15) is 128 Å². The molecule has 0 aromatic carbocycles. The number of rotatable bonds is 9. The second-order valence-electron chi connectivity index (χ2n) is 8.93. The smallest absolute Gasteiger partial charge is 0.0144 e. The Balaban J connectivity index is -0.000000926. The van der Waals surface area contributed by atoms with Crippen LogP contribution in [0.15, 0.2) is 48.1 Å². The molecule has 0 aromatic heterocycles. The highest BCUT2D eigenvalue weighted by atomic mass is 14.3. The monoisotopic (exact) mass is 418 g/mol. The Kier molecular flexibility index (Phi) is 23.7. The van der Waals surface area contributed by atoms with Crippen molar-refractivity contribution in [3.63, 3.8) is 0 Å². The van der Waals surface area contributed by atoms with E-state index >= 15 is 0 Å². The van der Waals surface area contributed by atoms with Crippen LogP contribution >= 0.6 is 0 Å². The highest BCUT2D eigenvalue weighted by Gasteiger charge is 2.22. The highest BCUT2D eigenvalue weighted by Crippen LogP contribution is 2.37. The van der Waals surface area contributed by atoms with Crippen LogP contribution in [-0.2, 0) is 0 Å². The Morgan fingerprint density at radius 3 is 2.20 bits per heavy atom. The first-order valence-electron chi connectivity index (χ1n) is 12.8. The van der Waals surface area contributed by atoms with Crippen LogP contribution in [0, 0.1) is 17.3 Å². The Morgan fingerprint density at radius 1 is 1.20 bits per heavy atom. The Labute approximate surface area is 193 Å². The summed E-state index contributed by atoms with van der Waals surface area (Å²) in [5.74, 6) is 1.52. The third-order valence-electron chi connectivity index (χ3n) is 5.83. The summed E-state index contributed by atoms with van der Waals surface area (Å²) >= 11 is 0. The molecule has 0 fully saturated rings. The van der Waals surface area contributed by atoms with Crippen molar-refractivity contribution in [3.8, 4) is 0 Å². The van der Waals surface area contributed by atoms with E-state index in [1.54, 1.807) is 11.6 Å². The number of allylic oxidation sites excluding steroid dienone is 6. The van der Waals surface area contributed by atoms with Crippen molar-refractivity contribution < 1.29 is 0 Å². The number of hydrogen-bond donors (Lipinski definition) is 0. The summed E-state index contributed by atoms with van der Waals surface area (Å²) in [7, 11) is 0. The molecule has 0 aromatic rings. The summed E-state index contributed by atoms with van der Waals surface area (Å²) in [4.78, 5) is 0. The zero-order chi connectivity index (χ0) is 24.2. The molecule has 1 atom stereocenters. The molecule has 0 nitrogen and oxygen atoms in total. The zero-order valence-electron chi connectivity index (χ0n) is 23.0. The summed E-state index contributed by atoms with van der Waals surface area (Å²) in [6.07, 6.45) is 16.9. The molecule has 0 saturated heterocycles. The van der Waals surface area contributed by atoms with Crippen molar-refractivity contribution in [1.82, 2.24) is 0 Å². The molecule has 0 bridgehead atoms. The first kappa shape index (κ1) is 33.6. The fourth-order valence-corrected chi connectivity index (χ4v) is 3.45. The summed E-state index contributed by atoms with van der Waals surface area (Å²) in [5, 5.41) is 0. The first-order valence-corrected chi connectivity index (χ1v) is 12.8. The van der Waals surface area contributed by atoms with Gasteiger partial charge in [-0.1, -0.05) is 104 Å². The molecule has 178 valence electrons. The molecule has 30 heavy (non-hydrogen) atoms. The van der Waals surface area contributed by atoms with Gasteiger partial charge in [0.25, 0.3) is 0 Å². The molecule has 0 heteroatoms. The fourth-order valence-electron chi connectivity index (χ4n) is 3.45. The van der Waals surface area contributed by atoms with Crippen molar-refractivity contribution in [1.29, 1.82) is 0 Å². The standard InChI is InChI=1S/C23H40.C3H6.2C2H6/c1-8-19(4)11-10-16-23(6,7)20(5)14-15-21-12-9-13-22(17-21)18(2)3;1-3-2;2*1-2/h11,17-18,21H,5,8-10,12-16H2,1-4,6-7H3;3H,1H2,2H3;2*1-2H3/b19-11+;;;. The summed E-state index contributed by atoms with van der Waals surface area (Å²) in [6.45, 7) is 31.6. The molecule has 0 heterocycles. The van der Waals surface area contributed by atoms with Crippen molar-refractivity contribution in [2.75, 3.05) is 0 Å². The van der Waals surface area contributed by atoms with Crippen LogP contribution in [0.3, 0.4) is 0 Å². The zero-order valence-corrected chi connectivity index (χ0v) is 23.0. The predicted octanol–water partition coefficient (Wildman–Crippen LogP) is 11.1. The van der Waals surface area contributed by atoms with Gasteiger partial charge in [-0.25, -0.2) is 0 Å². The van der Waals surface area contributed by atoms with Crippen LogP contribution < -0.4 is 0 Å². The van der Waals surface area contributed by atoms with E-state index in [2.05, 4.69) is 66.9 Å². The van der Waals surface area contributed by atoms with Gasteiger partial charge in [0.15, 0.2) is 0 Å². The Bertz CT molecular complexity index is 470. The van der Waals surface area contributed by atoms with Crippen molar-refractivity contribution in [2.24, 2.45) is 17.3 Å². The lowest BCUT2D eigenvalue weighted by atomic mass is 9.76. The summed E-state index contributed by atoms with van der Waals surface area (Å²) in [6, 6.07) is 0. The molecule has 1 unspecified atom stereocenters. The molecule has 1 aliphatic carbocycles. The third-order valence-corrected chi connectivity index (χ3v) is 5.83. The normalized spacial score (nSPS) is 16.1. The van der Waals surface area contributed by atoms with Crippen LogP contribution in [0.4, 0.5) is 0 Å². The van der Waals surface area contributed by atoms with Crippen molar-refractivity contribution in [2.45, 2.75) is 128 Å². The quantitative estimate of drug-likeness (QED) is 0.326. The van der Waals surface area contributed by atoms with Gasteiger partial charge in [0.2, 0.25) is 0 Å². The van der Waals surface area contributed by atoms with Gasteiger partial charge in [-0.05, 0) is 82.5 Å². The lowest BCUT2D eigenvalue weighted by Gasteiger charge is -2.29. The van der Waals surface area contributed by atoms with Gasteiger partial charge < -0.3 is 0 Å². The Morgan fingerprint density at radius 2 is 1.73 bits per heavy atom. The molecular weight excluding hydrogens is 360 g/mol. The van der Waals surface area contributed by atoms with Gasteiger partial charge in [0, 0.05) is 0 Å². The lowest BCUT2D eigenvalue weighted by molar-refractivity contribution is 0.382. The molecular formula is C30H58. The van der Waals surface area contributed by atoms with E-state index < -0.39 is 0 Å². The van der Waals surface area contributed by atoms with Crippen LogP contribution in [0.5, 0.6) is 0 Å². The molecule has 1 rings (SSSR count). The predicted molar refractivity (Wildman–Crippen MR) is 144 cm³/mol. The largest absolute Gasteiger partial charge is 0.103 e. The average molecular weight is 419 g/mol. The van der Waals surface area contributed by atoms with Crippen molar-refractivity contribution >= 4 is 0 Å². The van der Waals surface area contributed by atoms with Gasteiger partial charge in [-0.2, -0.15) is 0 Å². The van der Waals surface area contributed by atoms with Gasteiger partial charge in [-0.15, -0.1) is 6.58 Å². The maximum absolute atomic E-state index is 4.44. The van der Waals surface area contributed by atoms with Gasteiger partial charge in [0.1, 0.15) is 0 Å². The summed E-state index contributed by atoms with van der Waals surface area (Å²) in [5.41, 5.74) is 4.92. The SMILES string of the molecule is C=C(CCC1C=C(C(C)C)CCC1)C(C)(C)CC/C=C(\C)CC.C=CC.CC.CC. The molecule has 0 amide bonds. The topological polar surface area (TPSA) is 0 Å². The van der Waals surface area contributed by atoms with Gasteiger partial charge in [-0.3, -0.25) is 0 Å². The van der Waals surface area contributed by atoms with Crippen LogP contribution in [0.2, 0.25) is 0 Å². The van der Waals surface area contributed by atoms with E-state index in [9.17, 15) is 0 Å². The molecule has 0 N–H and O–H groups in total. The van der Waals surface area contributed by atoms with E-state index in [1.807, 2.05) is 34.6 Å². The molecule has 0 radical (unpaired) electrons. The minimum atomic E-state index is 0.268. The fraction of sp³-hybridized carbons (Fsp3) is 0.733. The van der Waals surface area contributed by atoms with Crippen molar-refractivity contribution in [3.05, 3.63) is 48.1 Å². The van der Waals surface area contributed by atoms with E-state index in [4.69, 9.17) is 0 Å². The average Bonchev–Trinajstić information content (AvgIpc) is 2.75. The maximum Gasteiger partial charge on any atom is -0.0144 e. The number of hydrogen-bond acceptors (Lipinski definition) is 0. The van der Waals surface area contributed by atoms with E-state index in [0.29, 0.717) is 0 Å². The maximum atomic E-state index is 4.44. The van der Waals surface area contributed by atoms with E-state index in [1.165, 1.54) is 62.5 Å². The van der Waals surface area contributed by atoms with Gasteiger partial charge >= 0.3 is 0 Å². The lowest BCUT2D eigenvalue weighted by Crippen LogP contribution is -2.15. The van der Waals surface area contributed by atoms with Crippen LogP contribution in [0.25, 0.3) is 0 Å². The van der Waals surface area contributed by atoms with E-state index in [0.717, 1.165) is 11.8 Å². The first-order chi connectivity index (χ1) is 14.2. The molecule has 0 saturated carbocycles. The third kappa shape index (κ3) is 16.7. The van der Waals surface area contributed by atoms with Gasteiger partial charge in [0.05, 0.1) is 0 Å². The van der Waals surface area contributed by atoms with Crippen LogP contribution in [-0.4, -0.2) is 0 Å².